The van der Waals surface area contributed by atoms with Gasteiger partial charge in [-0.15, -0.1) is 0 Å². The summed E-state index contributed by atoms with van der Waals surface area (Å²) in [6.07, 6.45) is 0.440. The van der Waals surface area contributed by atoms with Gasteiger partial charge in [0, 0.05) is 5.56 Å². The lowest BCUT2D eigenvalue weighted by atomic mass is 10.1. The molecule has 1 aromatic rings. The average Bonchev–Trinajstić information content (AvgIpc) is 2.14. The molecule has 0 aliphatic heterocycles. The van der Waals surface area contributed by atoms with E-state index < -0.39 is 10.0 Å². The van der Waals surface area contributed by atoms with Gasteiger partial charge in [0.2, 0.25) is 10.0 Å². The molecule has 0 spiro atoms. The minimum Gasteiger partial charge on any atom is -0.495 e. The van der Waals surface area contributed by atoms with Crippen LogP contribution in [0, 0.1) is 6.92 Å². The summed E-state index contributed by atoms with van der Waals surface area (Å²) in [5.41, 5.74) is 0.732. The highest BCUT2D eigenvalue weighted by atomic mass is 32.2. The van der Waals surface area contributed by atoms with Crippen LogP contribution in [0.3, 0.4) is 0 Å². The molecule has 0 unspecified atom stereocenters. The highest BCUT2D eigenvalue weighted by Gasteiger charge is 2.20. The molecule has 0 heterocycles. The van der Waals surface area contributed by atoms with Gasteiger partial charge < -0.3 is 4.74 Å². The van der Waals surface area contributed by atoms with Crippen LogP contribution in [0.25, 0.3) is 0 Å². The normalized spacial score (nSPS) is 11.1. The molecule has 0 atom stereocenters. The third-order valence-electron chi connectivity index (χ3n) is 1.86. The van der Waals surface area contributed by atoms with Gasteiger partial charge in [0.1, 0.15) is 10.6 Å². The minimum atomic E-state index is -3.96. The van der Waals surface area contributed by atoms with Crippen molar-refractivity contribution < 1.29 is 17.9 Å². The van der Waals surface area contributed by atoms with Crippen LogP contribution in [0.15, 0.2) is 17.0 Å². The molecule has 0 radical (unpaired) electrons. The van der Waals surface area contributed by atoms with Crippen LogP contribution < -0.4 is 9.88 Å². The molecule has 0 bridgehead atoms. The monoisotopic (exact) mass is 229 g/mol. The average molecular weight is 229 g/mol. The number of sulfonamides is 1. The second-order valence-electron chi connectivity index (χ2n) is 3.05. The number of methoxy groups -OCH3 is 1. The molecule has 2 N–H and O–H groups in total. The van der Waals surface area contributed by atoms with E-state index in [2.05, 4.69) is 0 Å². The summed E-state index contributed by atoms with van der Waals surface area (Å²) in [6.45, 7) is 1.72. The van der Waals surface area contributed by atoms with Crippen LogP contribution >= 0.6 is 0 Å². The van der Waals surface area contributed by atoms with Crippen molar-refractivity contribution in [1.29, 1.82) is 0 Å². The SMILES string of the molecule is COc1cc(C)cc(C=O)c1S(N)(=O)=O. The lowest BCUT2D eigenvalue weighted by molar-refractivity contribution is 0.111. The zero-order valence-electron chi connectivity index (χ0n) is 8.35. The molecule has 0 amide bonds. The van der Waals surface area contributed by atoms with Gasteiger partial charge in [-0.3, -0.25) is 4.79 Å². The quantitative estimate of drug-likeness (QED) is 0.763. The van der Waals surface area contributed by atoms with Crippen molar-refractivity contribution >= 4 is 16.3 Å². The summed E-state index contributed by atoms with van der Waals surface area (Å²) >= 11 is 0. The van der Waals surface area contributed by atoms with Gasteiger partial charge in [-0.25, -0.2) is 13.6 Å². The van der Waals surface area contributed by atoms with Gasteiger partial charge in [0.15, 0.2) is 6.29 Å². The van der Waals surface area contributed by atoms with E-state index in [4.69, 9.17) is 9.88 Å². The molecule has 0 fully saturated rings. The lowest BCUT2D eigenvalue weighted by Crippen LogP contribution is -2.16. The highest BCUT2D eigenvalue weighted by Crippen LogP contribution is 2.27. The zero-order chi connectivity index (χ0) is 11.6. The number of aldehydes is 1. The number of aryl methyl sites for hydroxylation is 1. The fourth-order valence-electron chi connectivity index (χ4n) is 1.31. The summed E-state index contributed by atoms with van der Waals surface area (Å²) in [5.74, 6) is 0.0830. The maximum atomic E-state index is 11.2. The molecule has 0 aromatic heterocycles. The first-order valence-electron chi connectivity index (χ1n) is 4.06. The van der Waals surface area contributed by atoms with Crippen molar-refractivity contribution in [2.45, 2.75) is 11.8 Å². The Morgan fingerprint density at radius 3 is 2.40 bits per heavy atom. The Balaban J connectivity index is 3.66. The predicted molar refractivity (Wildman–Crippen MR) is 54.5 cm³/mol. The zero-order valence-corrected chi connectivity index (χ0v) is 9.17. The summed E-state index contributed by atoms with van der Waals surface area (Å²) in [6, 6.07) is 2.95. The molecule has 0 aliphatic rings. The molecular formula is C9H11NO4S. The summed E-state index contributed by atoms with van der Waals surface area (Å²) in [7, 11) is -2.64. The fourth-order valence-corrected chi connectivity index (χ4v) is 2.17. The van der Waals surface area contributed by atoms with Gasteiger partial charge in [-0.1, -0.05) is 0 Å². The number of rotatable bonds is 3. The van der Waals surface area contributed by atoms with E-state index in [-0.39, 0.29) is 16.2 Å². The van der Waals surface area contributed by atoms with Gasteiger partial charge in [0.05, 0.1) is 7.11 Å². The topological polar surface area (TPSA) is 86.5 Å². The molecule has 1 aromatic carbocycles. The second-order valence-corrected chi connectivity index (χ2v) is 4.55. The Hall–Kier alpha value is -1.40. The Bertz CT molecular complexity index is 493. The number of benzene rings is 1. The largest absolute Gasteiger partial charge is 0.495 e. The molecule has 15 heavy (non-hydrogen) atoms. The van der Waals surface area contributed by atoms with Crippen molar-refractivity contribution in [3.63, 3.8) is 0 Å². The van der Waals surface area contributed by atoms with E-state index in [0.717, 1.165) is 5.56 Å². The maximum Gasteiger partial charge on any atom is 0.242 e. The van der Waals surface area contributed by atoms with Crippen molar-refractivity contribution in [3.05, 3.63) is 23.3 Å². The van der Waals surface area contributed by atoms with Crippen molar-refractivity contribution in [3.8, 4) is 5.75 Å². The van der Waals surface area contributed by atoms with E-state index in [0.29, 0.717) is 6.29 Å². The first kappa shape index (κ1) is 11.7. The first-order valence-corrected chi connectivity index (χ1v) is 5.61. The fraction of sp³-hybridized carbons (Fsp3) is 0.222. The van der Waals surface area contributed by atoms with Crippen LogP contribution in [-0.2, 0) is 10.0 Å². The van der Waals surface area contributed by atoms with Crippen LogP contribution in [0.2, 0.25) is 0 Å². The maximum absolute atomic E-state index is 11.2. The lowest BCUT2D eigenvalue weighted by Gasteiger charge is -2.09. The molecular weight excluding hydrogens is 218 g/mol. The van der Waals surface area contributed by atoms with Crippen molar-refractivity contribution in [2.75, 3.05) is 7.11 Å². The molecule has 82 valence electrons. The van der Waals surface area contributed by atoms with Crippen LogP contribution in [0.4, 0.5) is 0 Å². The van der Waals surface area contributed by atoms with E-state index >= 15 is 0 Å². The number of ether oxygens (including phenoxy) is 1. The van der Waals surface area contributed by atoms with Gasteiger partial charge in [-0.05, 0) is 24.6 Å². The second kappa shape index (κ2) is 4.00. The molecule has 6 heteroatoms. The number of carbonyl (C=O) groups is 1. The van der Waals surface area contributed by atoms with Crippen molar-refractivity contribution in [1.82, 2.24) is 0 Å². The first-order chi connectivity index (χ1) is 6.90. The Labute approximate surface area is 87.9 Å². The number of nitrogens with two attached hydrogens (primary N) is 1. The van der Waals surface area contributed by atoms with E-state index in [1.54, 1.807) is 6.92 Å². The minimum absolute atomic E-state index is 0.00866. The third-order valence-corrected chi connectivity index (χ3v) is 2.87. The number of hydrogen-bond acceptors (Lipinski definition) is 4. The molecule has 0 saturated heterocycles. The Morgan fingerprint density at radius 1 is 1.40 bits per heavy atom. The number of primary sulfonamides is 1. The summed E-state index contributed by atoms with van der Waals surface area (Å²) in [4.78, 5) is 10.4. The number of hydrogen-bond donors (Lipinski definition) is 1. The molecule has 5 nitrogen and oxygen atoms in total. The molecule has 1 rings (SSSR count). The van der Waals surface area contributed by atoms with Crippen LogP contribution in [0.5, 0.6) is 5.75 Å². The van der Waals surface area contributed by atoms with Crippen LogP contribution in [0.1, 0.15) is 15.9 Å². The van der Waals surface area contributed by atoms with E-state index in [9.17, 15) is 13.2 Å². The summed E-state index contributed by atoms with van der Waals surface area (Å²) < 4.78 is 27.4. The highest BCUT2D eigenvalue weighted by molar-refractivity contribution is 7.89. The van der Waals surface area contributed by atoms with Gasteiger partial charge in [0.25, 0.3) is 0 Å². The van der Waals surface area contributed by atoms with E-state index in [1.165, 1.54) is 19.2 Å². The molecule has 0 saturated carbocycles. The van der Waals surface area contributed by atoms with Gasteiger partial charge >= 0.3 is 0 Å². The smallest absolute Gasteiger partial charge is 0.242 e. The van der Waals surface area contributed by atoms with Gasteiger partial charge in [-0.2, -0.15) is 0 Å². The third kappa shape index (κ3) is 2.34. The summed E-state index contributed by atoms with van der Waals surface area (Å²) in [5, 5.41) is 4.99. The Kier molecular flexibility index (Phi) is 3.11. The molecule has 0 aliphatic carbocycles. The van der Waals surface area contributed by atoms with Crippen LogP contribution in [-0.4, -0.2) is 21.8 Å². The predicted octanol–water partition coefficient (Wildman–Crippen LogP) is 0.464. The van der Waals surface area contributed by atoms with Crippen molar-refractivity contribution in [2.24, 2.45) is 5.14 Å². The Morgan fingerprint density at radius 2 is 2.00 bits per heavy atom. The number of carbonyl (C=O) groups excluding carboxylic acids is 1. The van der Waals surface area contributed by atoms with E-state index in [1.807, 2.05) is 0 Å². The standard InChI is InChI=1S/C9H11NO4S/c1-6-3-7(5-11)9(15(10,12)13)8(4-6)14-2/h3-5H,1-2H3,(H2,10,12,13).